The summed E-state index contributed by atoms with van der Waals surface area (Å²) in [6.45, 7) is 4.66. The van der Waals surface area contributed by atoms with Crippen molar-refractivity contribution in [2.24, 2.45) is 0 Å². The van der Waals surface area contributed by atoms with Gasteiger partial charge in [-0.05, 0) is 31.0 Å². The van der Waals surface area contributed by atoms with Crippen LogP contribution in [0.4, 0.5) is 11.4 Å². The highest BCUT2D eigenvalue weighted by atomic mass is 15.2. The lowest BCUT2D eigenvalue weighted by Gasteiger charge is -2.33. The molecule has 1 saturated heterocycles. The molecular weight excluding hydrogens is 210 g/mol. The van der Waals surface area contributed by atoms with Crippen LogP contribution in [0.2, 0.25) is 0 Å². The van der Waals surface area contributed by atoms with Crippen molar-refractivity contribution < 1.29 is 0 Å². The van der Waals surface area contributed by atoms with Gasteiger partial charge in [0.1, 0.15) is 0 Å². The lowest BCUT2D eigenvalue weighted by molar-refractivity contribution is 0.402. The molecule has 17 heavy (non-hydrogen) atoms. The van der Waals surface area contributed by atoms with Crippen LogP contribution in [0.15, 0.2) is 18.2 Å². The van der Waals surface area contributed by atoms with E-state index in [1.165, 1.54) is 37.3 Å². The van der Waals surface area contributed by atoms with E-state index in [-0.39, 0.29) is 0 Å². The van der Waals surface area contributed by atoms with Gasteiger partial charge in [0.05, 0.1) is 11.4 Å². The highest BCUT2D eigenvalue weighted by Crippen LogP contribution is 2.47. The fourth-order valence-electron chi connectivity index (χ4n) is 3.77. The SMILES string of the molecule is c1cc2c3c(c1)[C@@H]1CNCC[C@@H]1N3CCCN2. The van der Waals surface area contributed by atoms with Crippen LogP contribution in [0.3, 0.4) is 0 Å². The van der Waals surface area contributed by atoms with Gasteiger partial charge in [-0.25, -0.2) is 0 Å². The van der Waals surface area contributed by atoms with E-state index < -0.39 is 0 Å². The van der Waals surface area contributed by atoms with Crippen LogP contribution in [-0.2, 0) is 0 Å². The summed E-state index contributed by atoms with van der Waals surface area (Å²) in [5, 5.41) is 7.13. The summed E-state index contributed by atoms with van der Waals surface area (Å²) in [4.78, 5) is 2.68. The normalized spacial score (nSPS) is 30.2. The minimum atomic E-state index is 0.707. The monoisotopic (exact) mass is 229 g/mol. The summed E-state index contributed by atoms with van der Waals surface area (Å²) in [6, 6.07) is 7.52. The molecule has 1 fully saturated rings. The topological polar surface area (TPSA) is 27.3 Å². The Morgan fingerprint density at radius 1 is 1.24 bits per heavy atom. The number of anilines is 2. The standard InChI is InChI=1S/C14H19N3/c1-3-10-11-9-15-7-5-13(11)17-8-2-6-16-12(4-1)14(10)17/h1,3-4,11,13,15-16H,2,5-9H2/t11-,13-/m0/s1. The first-order valence-corrected chi connectivity index (χ1v) is 6.79. The molecule has 2 N–H and O–H groups in total. The Labute approximate surface area is 102 Å². The zero-order chi connectivity index (χ0) is 11.2. The number of para-hydroxylation sites is 1. The van der Waals surface area contributed by atoms with Gasteiger partial charge >= 0.3 is 0 Å². The van der Waals surface area contributed by atoms with E-state index in [0.29, 0.717) is 5.92 Å². The third-order valence-electron chi connectivity index (χ3n) is 4.49. The van der Waals surface area contributed by atoms with Crippen LogP contribution in [0.1, 0.15) is 24.3 Å². The Bertz CT molecular complexity index is 443. The van der Waals surface area contributed by atoms with Crippen molar-refractivity contribution in [1.29, 1.82) is 0 Å². The van der Waals surface area contributed by atoms with Gasteiger partial charge in [0.2, 0.25) is 0 Å². The first kappa shape index (κ1) is 9.77. The van der Waals surface area contributed by atoms with Crippen molar-refractivity contribution >= 4 is 11.4 Å². The average Bonchev–Trinajstić information content (AvgIpc) is 2.56. The van der Waals surface area contributed by atoms with E-state index in [9.17, 15) is 0 Å². The predicted octanol–water partition coefficient (Wildman–Crippen LogP) is 1.77. The summed E-state index contributed by atoms with van der Waals surface area (Å²) in [5.74, 6) is 0.707. The average molecular weight is 229 g/mol. The molecule has 3 heteroatoms. The Hall–Kier alpha value is -1.22. The summed E-state index contributed by atoms with van der Waals surface area (Å²) in [6.07, 6.45) is 2.55. The molecule has 3 aliphatic heterocycles. The van der Waals surface area contributed by atoms with Gasteiger partial charge in [-0.2, -0.15) is 0 Å². The Morgan fingerprint density at radius 3 is 3.24 bits per heavy atom. The van der Waals surface area contributed by atoms with Gasteiger partial charge in [-0.3, -0.25) is 0 Å². The lowest BCUT2D eigenvalue weighted by atomic mass is 9.90. The fourth-order valence-corrected chi connectivity index (χ4v) is 3.77. The smallest absolute Gasteiger partial charge is 0.0641 e. The number of hydrogen-bond donors (Lipinski definition) is 2. The highest BCUT2D eigenvalue weighted by molar-refractivity contribution is 5.79. The summed E-state index contributed by atoms with van der Waals surface area (Å²) < 4.78 is 0. The summed E-state index contributed by atoms with van der Waals surface area (Å²) in [7, 11) is 0. The second-order valence-electron chi connectivity index (χ2n) is 5.38. The summed E-state index contributed by atoms with van der Waals surface area (Å²) in [5.41, 5.74) is 4.42. The van der Waals surface area contributed by atoms with Crippen molar-refractivity contribution in [3.8, 4) is 0 Å². The third-order valence-corrected chi connectivity index (χ3v) is 4.49. The molecule has 0 bridgehead atoms. The molecule has 0 saturated carbocycles. The number of nitrogens with zero attached hydrogens (tertiary/aromatic N) is 1. The van der Waals surface area contributed by atoms with Gasteiger partial charge < -0.3 is 15.5 Å². The Morgan fingerprint density at radius 2 is 2.24 bits per heavy atom. The highest BCUT2D eigenvalue weighted by Gasteiger charge is 2.41. The number of rotatable bonds is 0. The Balaban J connectivity index is 1.87. The first-order valence-electron chi connectivity index (χ1n) is 6.79. The molecule has 0 unspecified atom stereocenters. The maximum absolute atomic E-state index is 3.58. The molecule has 3 aliphatic rings. The number of hydrogen-bond acceptors (Lipinski definition) is 3. The van der Waals surface area contributed by atoms with Crippen LogP contribution >= 0.6 is 0 Å². The molecule has 3 nitrogen and oxygen atoms in total. The van der Waals surface area contributed by atoms with Crippen LogP contribution in [0, 0.1) is 0 Å². The molecule has 2 atom stereocenters. The van der Waals surface area contributed by atoms with Gasteiger partial charge in [-0.15, -0.1) is 0 Å². The molecule has 0 aliphatic carbocycles. The minimum absolute atomic E-state index is 0.707. The number of nitrogens with one attached hydrogen (secondary N) is 2. The van der Waals surface area contributed by atoms with Gasteiger partial charge in [0.25, 0.3) is 0 Å². The largest absolute Gasteiger partial charge is 0.383 e. The van der Waals surface area contributed by atoms with Crippen molar-refractivity contribution in [3.63, 3.8) is 0 Å². The number of fused-ring (bicyclic) bond motifs is 3. The molecule has 0 aromatic heterocycles. The molecular formula is C14H19N3. The first-order chi connectivity index (χ1) is 8.45. The second kappa shape index (κ2) is 3.64. The zero-order valence-corrected chi connectivity index (χ0v) is 10.1. The van der Waals surface area contributed by atoms with Gasteiger partial charge in [-0.1, -0.05) is 12.1 Å². The van der Waals surface area contributed by atoms with Crippen molar-refractivity contribution in [2.75, 3.05) is 36.4 Å². The predicted molar refractivity (Wildman–Crippen MR) is 70.9 cm³/mol. The van der Waals surface area contributed by atoms with Gasteiger partial charge in [0, 0.05) is 31.6 Å². The van der Waals surface area contributed by atoms with E-state index in [0.717, 1.165) is 19.1 Å². The quantitative estimate of drug-likeness (QED) is 0.710. The Kier molecular flexibility index (Phi) is 2.09. The minimum Gasteiger partial charge on any atom is -0.383 e. The number of benzene rings is 1. The van der Waals surface area contributed by atoms with Crippen LogP contribution in [0.5, 0.6) is 0 Å². The van der Waals surface area contributed by atoms with Crippen molar-refractivity contribution in [2.45, 2.75) is 24.8 Å². The molecule has 3 heterocycles. The van der Waals surface area contributed by atoms with E-state index in [2.05, 4.69) is 33.7 Å². The molecule has 0 amide bonds. The van der Waals surface area contributed by atoms with Crippen molar-refractivity contribution in [3.05, 3.63) is 23.8 Å². The maximum Gasteiger partial charge on any atom is 0.0641 e. The zero-order valence-electron chi connectivity index (χ0n) is 10.1. The fraction of sp³-hybridized carbons (Fsp3) is 0.571. The lowest BCUT2D eigenvalue weighted by Crippen LogP contribution is -2.44. The van der Waals surface area contributed by atoms with Crippen LogP contribution in [0.25, 0.3) is 0 Å². The third kappa shape index (κ3) is 1.32. The summed E-state index contributed by atoms with van der Waals surface area (Å²) >= 11 is 0. The van der Waals surface area contributed by atoms with E-state index in [4.69, 9.17) is 0 Å². The molecule has 1 aromatic rings. The molecule has 0 spiro atoms. The number of piperidine rings is 1. The molecule has 90 valence electrons. The molecule has 0 radical (unpaired) electrons. The van der Waals surface area contributed by atoms with E-state index in [1.54, 1.807) is 5.56 Å². The van der Waals surface area contributed by atoms with Gasteiger partial charge in [0.15, 0.2) is 0 Å². The maximum atomic E-state index is 3.58. The molecule has 4 rings (SSSR count). The van der Waals surface area contributed by atoms with E-state index in [1.807, 2.05) is 0 Å². The molecule has 1 aromatic carbocycles. The van der Waals surface area contributed by atoms with E-state index >= 15 is 0 Å². The van der Waals surface area contributed by atoms with Crippen LogP contribution in [-0.4, -0.2) is 32.2 Å². The van der Waals surface area contributed by atoms with Crippen molar-refractivity contribution in [1.82, 2.24) is 5.32 Å². The van der Waals surface area contributed by atoms with Crippen LogP contribution < -0.4 is 15.5 Å². The second-order valence-corrected chi connectivity index (χ2v) is 5.38.